The van der Waals surface area contributed by atoms with Crippen LogP contribution in [0, 0.1) is 0 Å². The quantitative estimate of drug-likeness (QED) is 0.576. The third-order valence-corrected chi connectivity index (χ3v) is 0.736. The molecule has 0 amide bonds. The lowest BCUT2D eigenvalue weighted by atomic mass is 10.5. The third-order valence-electron chi connectivity index (χ3n) is 0.736. The fourth-order valence-electron chi connectivity index (χ4n) is 0.377. The number of nitrogens with zero attached hydrogens (tertiary/aromatic N) is 2. The first kappa shape index (κ1) is 9.80. The van der Waals surface area contributed by atoms with E-state index in [1.807, 2.05) is 6.20 Å². The highest BCUT2D eigenvalue weighted by Gasteiger charge is 2.06. The summed E-state index contributed by atoms with van der Waals surface area (Å²) in [5.41, 5.74) is 0. The van der Waals surface area contributed by atoms with E-state index < -0.39 is 7.54 Å². The molecule has 0 unspecified atom stereocenters. The summed E-state index contributed by atoms with van der Waals surface area (Å²) in [6.45, 7) is 3.53. The highest BCUT2D eigenvalue weighted by molar-refractivity contribution is 6.33. The molecule has 6 heteroatoms. The zero-order valence-corrected chi connectivity index (χ0v) is 5.62. The molecule has 0 radical (unpaired) electrons. The van der Waals surface area contributed by atoms with Crippen LogP contribution in [0.3, 0.4) is 0 Å². The number of rotatable bonds is 1. The smallest absolute Gasteiger partial charge is 0.314 e. The molecule has 0 bridgehead atoms. The first-order valence-electron chi connectivity index (χ1n) is 2.69. The Labute approximate surface area is 62.6 Å². The summed E-state index contributed by atoms with van der Waals surface area (Å²) in [7, 11) is -3.67. The molecule has 0 aromatic carbocycles. The van der Waals surface area contributed by atoms with E-state index in [0.29, 0.717) is 0 Å². The van der Waals surface area contributed by atoms with Crippen LogP contribution in [0.15, 0.2) is 25.3 Å². The van der Waals surface area contributed by atoms with Gasteiger partial charge in [0.15, 0.2) is 0 Å². The van der Waals surface area contributed by atoms with Crippen LogP contribution in [-0.4, -0.2) is 17.1 Å². The highest BCUT2D eigenvalue weighted by atomic mass is 19.4. The van der Waals surface area contributed by atoms with Crippen molar-refractivity contribution >= 4 is 13.7 Å². The molecule has 1 heterocycles. The molecule has 0 saturated heterocycles. The van der Waals surface area contributed by atoms with Crippen LogP contribution in [0.4, 0.5) is 12.9 Å². The van der Waals surface area contributed by atoms with Gasteiger partial charge in [0.1, 0.15) is 0 Å². The standard InChI is InChI=1S/C5H6N2.BF3/c1-2-7-4-3-6-5-7;2-1(3)4/h2-5H,1H2;. The molecule has 0 atom stereocenters. The predicted molar refractivity (Wildman–Crippen MR) is 37.7 cm³/mol. The third kappa shape index (κ3) is 6.69. The van der Waals surface area contributed by atoms with Crippen LogP contribution in [0.1, 0.15) is 0 Å². The van der Waals surface area contributed by atoms with Crippen LogP contribution in [-0.2, 0) is 0 Å². The number of halogens is 3. The minimum Gasteiger partial charge on any atom is -0.314 e. The first-order chi connectivity index (χ1) is 5.16. The number of imidazole rings is 1. The van der Waals surface area contributed by atoms with Crippen molar-refractivity contribution in [2.45, 2.75) is 0 Å². The Morgan fingerprint density at radius 1 is 1.45 bits per heavy atom. The highest BCUT2D eigenvalue weighted by Crippen LogP contribution is 1.81. The van der Waals surface area contributed by atoms with Crippen LogP contribution in [0.5, 0.6) is 0 Å². The fourth-order valence-corrected chi connectivity index (χ4v) is 0.377. The van der Waals surface area contributed by atoms with Gasteiger partial charge in [-0.3, -0.25) is 12.9 Å². The van der Waals surface area contributed by atoms with E-state index in [-0.39, 0.29) is 0 Å². The molecule has 0 N–H and O–H groups in total. The second-order valence-electron chi connectivity index (χ2n) is 1.44. The van der Waals surface area contributed by atoms with E-state index in [9.17, 15) is 12.9 Å². The van der Waals surface area contributed by atoms with Gasteiger partial charge in [-0.15, -0.1) is 0 Å². The second kappa shape index (κ2) is 5.58. The lowest BCUT2D eigenvalue weighted by Crippen LogP contribution is -1.76. The SMILES string of the molecule is C=Cn1ccnc1.FB(F)F. The van der Waals surface area contributed by atoms with E-state index in [4.69, 9.17) is 0 Å². The minimum atomic E-state index is -3.67. The number of hydrogen-bond donors (Lipinski definition) is 0. The van der Waals surface area contributed by atoms with Gasteiger partial charge in [-0.2, -0.15) is 0 Å². The van der Waals surface area contributed by atoms with Crippen molar-refractivity contribution in [1.29, 1.82) is 0 Å². The van der Waals surface area contributed by atoms with Gasteiger partial charge in [0, 0.05) is 18.6 Å². The van der Waals surface area contributed by atoms with Gasteiger partial charge in [0.25, 0.3) is 0 Å². The lowest BCUT2D eigenvalue weighted by Gasteiger charge is -1.80. The van der Waals surface area contributed by atoms with Crippen molar-refractivity contribution < 1.29 is 12.9 Å². The topological polar surface area (TPSA) is 17.8 Å². The maximum absolute atomic E-state index is 9.67. The molecule has 0 spiro atoms. The van der Waals surface area contributed by atoms with Crippen LogP contribution in [0.2, 0.25) is 0 Å². The van der Waals surface area contributed by atoms with E-state index in [1.54, 1.807) is 23.3 Å². The van der Waals surface area contributed by atoms with E-state index in [0.717, 1.165) is 0 Å². The van der Waals surface area contributed by atoms with Gasteiger partial charge in [-0.1, -0.05) is 6.58 Å². The van der Waals surface area contributed by atoms with Gasteiger partial charge in [-0.05, 0) is 0 Å². The summed E-state index contributed by atoms with van der Waals surface area (Å²) in [5, 5.41) is 0. The second-order valence-corrected chi connectivity index (χ2v) is 1.44. The Bertz CT molecular complexity index is 185. The van der Waals surface area contributed by atoms with Gasteiger partial charge in [0.05, 0.1) is 6.33 Å². The predicted octanol–water partition coefficient (Wildman–Crippen LogP) is 1.86. The number of aromatic nitrogens is 2. The zero-order chi connectivity index (χ0) is 8.69. The molecule has 1 aromatic rings. The molecule has 0 aliphatic rings. The van der Waals surface area contributed by atoms with E-state index >= 15 is 0 Å². The lowest BCUT2D eigenvalue weighted by molar-refractivity contribution is 0.535. The van der Waals surface area contributed by atoms with Crippen molar-refractivity contribution in [2.75, 3.05) is 0 Å². The molecule has 0 aliphatic carbocycles. The average Bonchev–Trinajstić information content (AvgIpc) is 2.36. The molecule has 11 heavy (non-hydrogen) atoms. The fraction of sp³-hybridized carbons (Fsp3) is 0. The molecular weight excluding hydrogens is 156 g/mol. The summed E-state index contributed by atoms with van der Waals surface area (Å²) in [6.07, 6.45) is 6.91. The summed E-state index contributed by atoms with van der Waals surface area (Å²) in [5.74, 6) is 0. The summed E-state index contributed by atoms with van der Waals surface area (Å²) in [6, 6.07) is 0. The van der Waals surface area contributed by atoms with Crippen LogP contribution < -0.4 is 0 Å². The van der Waals surface area contributed by atoms with Gasteiger partial charge in [-0.25, -0.2) is 4.98 Å². The molecule has 0 saturated carbocycles. The van der Waals surface area contributed by atoms with Gasteiger partial charge >= 0.3 is 7.54 Å². The normalized spacial score (nSPS) is 7.91. The van der Waals surface area contributed by atoms with Crippen molar-refractivity contribution in [3.8, 4) is 0 Å². The number of hydrogen-bond acceptors (Lipinski definition) is 1. The van der Waals surface area contributed by atoms with E-state index in [2.05, 4.69) is 11.6 Å². The van der Waals surface area contributed by atoms with Crippen LogP contribution in [0.25, 0.3) is 6.20 Å². The monoisotopic (exact) mass is 162 g/mol. The Morgan fingerprint density at radius 2 is 2.00 bits per heavy atom. The molecule has 60 valence electrons. The average molecular weight is 162 g/mol. The Balaban J connectivity index is 0.000000218. The van der Waals surface area contributed by atoms with E-state index in [1.165, 1.54) is 0 Å². The first-order valence-corrected chi connectivity index (χ1v) is 2.69. The molecule has 0 fully saturated rings. The van der Waals surface area contributed by atoms with Crippen LogP contribution >= 0.6 is 0 Å². The molecule has 1 aromatic heterocycles. The molecule has 1 rings (SSSR count). The van der Waals surface area contributed by atoms with Gasteiger partial charge < -0.3 is 4.57 Å². The Hall–Kier alpha value is -1.20. The molecule has 2 nitrogen and oxygen atoms in total. The summed E-state index contributed by atoms with van der Waals surface area (Å²) < 4.78 is 30.8. The largest absolute Gasteiger partial charge is 0.762 e. The maximum Gasteiger partial charge on any atom is 0.762 e. The van der Waals surface area contributed by atoms with Gasteiger partial charge in [0.2, 0.25) is 0 Å². The maximum atomic E-state index is 9.67. The Morgan fingerprint density at radius 3 is 2.18 bits per heavy atom. The zero-order valence-electron chi connectivity index (χ0n) is 5.62. The molecular formula is C5H6BF3N2. The van der Waals surface area contributed by atoms with Crippen molar-refractivity contribution in [3.05, 3.63) is 25.3 Å². The van der Waals surface area contributed by atoms with Crippen molar-refractivity contribution in [3.63, 3.8) is 0 Å². The summed E-state index contributed by atoms with van der Waals surface area (Å²) in [4.78, 5) is 3.78. The summed E-state index contributed by atoms with van der Waals surface area (Å²) >= 11 is 0. The van der Waals surface area contributed by atoms with Crippen molar-refractivity contribution in [2.24, 2.45) is 0 Å². The Kier molecular flexibility index (Phi) is 4.97. The van der Waals surface area contributed by atoms with Crippen molar-refractivity contribution in [1.82, 2.24) is 9.55 Å². The molecule has 0 aliphatic heterocycles. The minimum absolute atomic E-state index is 1.69.